The molecule has 3 aromatic rings. The van der Waals surface area contributed by atoms with Gasteiger partial charge in [0.1, 0.15) is 16.7 Å². The fraction of sp³-hybridized carbons (Fsp3) is 0.200. The van der Waals surface area contributed by atoms with Crippen LogP contribution in [-0.2, 0) is 4.79 Å². The van der Waals surface area contributed by atoms with Gasteiger partial charge in [-0.3, -0.25) is 9.59 Å². The molecule has 0 aliphatic heterocycles. The standard InChI is InChI=1S/C20H21N5O3S/c1-3-28-16-12-8-7-11-15(16)22-18(26)17(14-9-5-4-6-10-14)29-20-24-23-13(2)19(27)25(20)21/h4-12,17H,3,21H2,1-2H3,(H,22,26)/t17-/m0/s1. The number of hydrogen-bond donors (Lipinski definition) is 2. The van der Waals surface area contributed by atoms with Crippen LogP contribution in [0.4, 0.5) is 5.69 Å². The summed E-state index contributed by atoms with van der Waals surface area (Å²) in [5.74, 6) is 6.13. The maximum Gasteiger partial charge on any atom is 0.294 e. The summed E-state index contributed by atoms with van der Waals surface area (Å²) >= 11 is 1.05. The topological polar surface area (TPSA) is 112 Å². The first kappa shape index (κ1) is 20.4. The number of nitrogens with two attached hydrogens (primary N) is 1. The lowest BCUT2D eigenvalue weighted by atomic mass is 10.1. The first-order valence-corrected chi connectivity index (χ1v) is 9.85. The van der Waals surface area contributed by atoms with E-state index >= 15 is 0 Å². The highest BCUT2D eigenvalue weighted by Crippen LogP contribution is 2.35. The van der Waals surface area contributed by atoms with Crippen molar-refractivity contribution in [2.24, 2.45) is 0 Å². The van der Waals surface area contributed by atoms with Crippen LogP contribution in [0, 0.1) is 6.92 Å². The van der Waals surface area contributed by atoms with Gasteiger partial charge in [0.05, 0.1) is 12.3 Å². The van der Waals surface area contributed by atoms with Crippen LogP contribution >= 0.6 is 11.8 Å². The predicted molar refractivity (Wildman–Crippen MR) is 112 cm³/mol. The number of ether oxygens (including phenoxy) is 1. The van der Waals surface area contributed by atoms with E-state index in [9.17, 15) is 9.59 Å². The van der Waals surface area contributed by atoms with Gasteiger partial charge in [0.15, 0.2) is 0 Å². The summed E-state index contributed by atoms with van der Waals surface area (Å²) in [5, 5.41) is 10.1. The van der Waals surface area contributed by atoms with Crippen molar-refractivity contribution in [1.29, 1.82) is 0 Å². The number of rotatable bonds is 7. The average molecular weight is 411 g/mol. The molecular weight excluding hydrogens is 390 g/mol. The summed E-state index contributed by atoms with van der Waals surface area (Å²) in [4.78, 5) is 25.3. The molecule has 3 N–H and O–H groups in total. The van der Waals surface area contributed by atoms with E-state index in [0.29, 0.717) is 18.0 Å². The molecule has 0 aliphatic carbocycles. The Morgan fingerprint density at radius 3 is 2.59 bits per heavy atom. The van der Waals surface area contributed by atoms with Gasteiger partial charge in [-0.15, -0.1) is 10.2 Å². The Balaban J connectivity index is 1.94. The van der Waals surface area contributed by atoms with Crippen LogP contribution in [0.2, 0.25) is 0 Å². The number of anilines is 1. The molecule has 0 saturated heterocycles. The summed E-state index contributed by atoms with van der Waals surface area (Å²) in [6, 6.07) is 16.4. The molecular formula is C20H21N5O3S. The minimum absolute atomic E-state index is 0.141. The first-order valence-electron chi connectivity index (χ1n) is 8.97. The number of carbonyl (C=O) groups excluding carboxylic acids is 1. The lowest BCUT2D eigenvalue weighted by Gasteiger charge is -2.18. The molecule has 0 saturated carbocycles. The van der Waals surface area contributed by atoms with Crippen molar-refractivity contribution in [3.05, 3.63) is 76.2 Å². The van der Waals surface area contributed by atoms with Gasteiger partial charge in [-0.1, -0.05) is 54.2 Å². The molecule has 1 heterocycles. The van der Waals surface area contributed by atoms with Crippen molar-refractivity contribution in [3.8, 4) is 5.75 Å². The molecule has 3 rings (SSSR count). The summed E-state index contributed by atoms with van der Waals surface area (Å²) in [6.07, 6.45) is 0. The van der Waals surface area contributed by atoms with Gasteiger partial charge < -0.3 is 15.9 Å². The second kappa shape index (κ2) is 9.24. The van der Waals surface area contributed by atoms with Crippen LogP contribution in [0.15, 0.2) is 64.5 Å². The van der Waals surface area contributed by atoms with Gasteiger partial charge in [-0.05, 0) is 31.5 Å². The molecule has 0 unspecified atom stereocenters. The van der Waals surface area contributed by atoms with Gasteiger partial charge in [0.25, 0.3) is 5.56 Å². The SMILES string of the molecule is CCOc1ccccc1NC(=O)[C@@H](Sc1nnc(C)c(=O)n1N)c1ccccc1. The second-order valence-corrected chi connectivity index (χ2v) is 7.14. The summed E-state index contributed by atoms with van der Waals surface area (Å²) < 4.78 is 6.49. The van der Waals surface area contributed by atoms with Crippen molar-refractivity contribution < 1.29 is 9.53 Å². The van der Waals surface area contributed by atoms with Gasteiger partial charge >= 0.3 is 0 Å². The molecule has 1 amide bonds. The zero-order valence-electron chi connectivity index (χ0n) is 16.0. The van der Waals surface area contributed by atoms with Crippen molar-refractivity contribution in [3.63, 3.8) is 0 Å². The zero-order chi connectivity index (χ0) is 20.8. The van der Waals surface area contributed by atoms with E-state index in [1.807, 2.05) is 49.4 Å². The molecule has 2 aromatic carbocycles. The van der Waals surface area contributed by atoms with Crippen molar-refractivity contribution >= 4 is 23.4 Å². The summed E-state index contributed by atoms with van der Waals surface area (Å²) in [7, 11) is 0. The number of aryl methyl sites for hydroxylation is 1. The number of thioether (sulfide) groups is 1. The smallest absolute Gasteiger partial charge is 0.294 e. The van der Waals surface area contributed by atoms with E-state index in [-0.39, 0.29) is 16.8 Å². The molecule has 29 heavy (non-hydrogen) atoms. The molecule has 8 nitrogen and oxygen atoms in total. The normalized spacial score (nSPS) is 11.7. The third-order valence-electron chi connectivity index (χ3n) is 4.03. The van der Waals surface area contributed by atoms with Crippen LogP contribution in [0.25, 0.3) is 0 Å². The number of nitrogens with zero attached hydrogens (tertiary/aromatic N) is 3. The fourth-order valence-electron chi connectivity index (χ4n) is 2.61. The quantitative estimate of drug-likeness (QED) is 0.454. The molecule has 0 radical (unpaired) electrons. The Bertz CT molecular complexity index is 1060. The largest absolute Gasteiger partial charge is 0.492 e. The minimum Gasteiger partial charge on any atom is -0.492 e. The van der Waals surface area contributed by atoms with Gasteiger partial charge in [-0.2, -0.15) is 4.68 Å². The van der Waals surface area contributed by atoms with Crippen molar-refractivity contribution in [2.75, 3.05) is 17.8 Å². The molecule has 0 aliphatic rings. The molecule has 150 valence electrons. The molecule has 0 bridgehead atoms. The van der Waals surface area contributed by atoms with Crippen LogP contribution in [0.1, 0.15) is 23.4 Å². The predicted octanol–water partition coefficient (Wildman–Crippen LogP) is 2.53. The maximum atomic E-state index is 13.2. The molecule has 9 heteroatoms. The van der Waals surface area contributed by atoms with Gasteiger partial charge in [-0.25, -0.2) is 0 Å². The van der Waals surface area contributed by atoms with Crippen LogP contribution in [0.3, 0.4) is 0 Å². The maximum absolute atomic E-state index is 13.2. The highest BCUT2D eigenvalue weighted by molar-refractivity contribution is 8.00. The highest BCUT2D eigenvalue weighted by Gasteiger charge is 2.25. The van der Waals surface area contributed by atoms with Gasteiger partial charge in [0, 0.05) is 0 Å². The van der Waals surface area contributed by atoms with E-state index < -0.39 is 10.8 Å². The Morgan fingerprint density at radius 2 is 1.86 bits per heavy atom. The number of para-hydroxylation sites is 2. The second-order valence-electron chi connectivity index (χ2n) is 6.07. The Labute approximate surface area is 172 Å². The fourth-order valence-corrected chi connectivity index (χ4v) is 3.56. The molecule has 0 spiro atoms. The van der Waals surface area contributed by atoms with E-state index in [0.717, 1.165) is 22.0 Å². The monoisotopic (exact) mass is 411 g/mol. The van der Waals surface area contributed by atoms with E-state index in [4.69, 9.17) is 10.6 Å². The number of hydrogen-bond acceptors (Lipinski definition) is 7. The summed E-state index contributed by atoms with van der Waals surface area (Å²) in [5.41, 5.74) is 1.01. The number of nitrogen functional groups attached to an aromatic ring is 1. The zero-order valence-corrected chi connectivity index (χ0v) is 16.8. The number of amides is 1. The van der Waals surface area contributed by atoms with E-state index in [2.05, 4.69) is 15.5 Å². The number of aromatic nitrogens is 3. The number of carbonyl (C=O) groups is 1. The molecule has 1 atom stereocenters. The average Bonchev–Trinajstić information content (AvgIpc) is 2.74. The Kier molecular flexibility index (Phi) is 6.50. The third kappa shape index (κ3) is 4.75. The van der Waals surface area contributed by atoms with Crippen molar-refractivity contribution in [2.45, 2.75) is 24.3 Å². The van der Waals surface area contributed by atoms with E-state index in [1.54, 1.807) is 12.1 Å². The minimum atomic E-state index is -0.711. The third-order valence-corrected chi connectivity index (χ3v) is 5.24. The summed E-state index contributed by atoms with van der Waals surface area (Å²) in [6.45, 7) is 3.87. The number of benzene rings is 2. The van der Waals surface area contributed by atoms with E-state index in [1.165, 1.54) is 6.92 Å². The highest BCUT2D eigenvalue weighted by atomic mass is 32.2. The van der Waals surface area contributed by atoms with Crippen LogP contribution in [0.5, 0.6) is 5.75 Å². The Morgan fingerprint density at radius 1 is 1.17 bits per heavy atom. The Hall–Kier alpha value is -3.33. The lowest BCUT2D eigenvalue weighted by molar-refractivity contribution is -0.115. The van der Waals surface area contributed by atoms with Crippen molar-refractivity contribution in [1.82, 2.24) is 14.9 Å². The lowest BCUT2D eigenvalue weighted by Crippen LogP contribution is -2.33. The molecule has 1 aromatic heterocycles. The van der Waals surface area contributed by atoms with Crippen LogP contribution < -0.4 is 21.5 Å². The first-order chi connectivity index (χ1) is 14.0. The molecule has 0 fully saturated rings. The number of nitrogens with one attached hydrogen (secondary N) is 1. The van der Waals surface area contributed by atoms with Gasteiger partial charge in [0.2, 0.25) is 11.1 Å². The van der Waals surface area contributed by atoms with Crippen LogP contribution in [-0.4, -0.2) is 27.4 Å².